The van der Waals surface area contributed by atoms with Crippen LogP contribution in [0.3, 0.4) is 0 Å². The van der Waals surface area contributed by atoms with E-state index >= 15 is 0 Å². The van der Waals surface area contributed by atoms with E-state index in [0.29, 0.717) is 11.3 Å². The quantitative estimate of drug-likeness (QED) is 0.437. The second-order valence-corrected chi connectivity index (χ2v) is 3.50. The minimum atomic E-state index is -0.420. The van der Waals surface area contributed by atoms with Crippen LogP contribution in [0.25, 0.3) is 10.9 Å². The summed E-state index contributed by atoms with van der Waals surface area (Å²) in [6, 6.07) is 9.08. The molecule has 0 amide bonds. The Labute approximate surface area is 93.4 Å². The van der Waals surface area contributed by atoms with E-state index in [-0.39, 0.29) is 0 Å². The zero-order valence-corrected chi connectivity index (χ0v) is 8.93. The van der Waals surface area contributed by atoms with Gasteiger partial charge in [0.15, 0.2) is 0 Å². The van der Waals surface area contributed by atoms with Crippen molar-refractivity contribution in [2.24, 2.45) is 0 Å². The van der Waals surface area contributed by atoms with Crippen LogP contribution in [0.15, 0.2) is 48.7 Å². The lowest BCUT2D eigenvalue weighted by molar-refractivity contribution is -0.129. The molecule has 0 radical (unpaired) electrons. The molecule has 80 valence electrons. The lowest BCUT2D eigenvalue weighted by Gasteiger charge is -2.06. The molecular formula is C13H11NO2. The molecule has 0 saturated carbocycles. The van der Waals surface area contributed by atoms with Crippen molar-refractivity contribution in [1.82, 2.24) is 4.98 Å². The third-order valence-corrected chi connectivity index (χ3v) is 2.16. The smallest absolute Gasteiger partial charge is 0.338 e. The van der Waals surface area contributed by atoms with E-state index in [4.69, 9.17) is 4.74 Å². The maximum Gasteiger partial charge on any atom is 0.338 e. The number of fused-ring (bicyclic) bond motifs is 1. The highest BCUT2D eigenvalue weighted by Gasteiger charge is 2.08. The number of rotatable bonds is 2. The first-order valence-electron chi connectivity index (χ1n) is 4.90. The van der Waals surface area contributed by atoms with Crippen molar-refractivity contribution in [3.8, 4) is 5.75 Å². The first-order valence-corrected chi connectivity index (χ1v) is 4.90. The number of aromatic nitrogens is 1. The molecule has 3 heteroatoms. The second kappa shape index (κ2) is 4.14. The molecule has 0 N–H and O–H groups in total. The van der Waals surface area contributed by atoms with E-state index in [1.807, 2.05) is 12.1 Å². The summed E-state index contributed by atoms with van der Waals surface area (Å²) >= 11 is 0. The summed E-state index contributed by atoms with van der Waals surface area (Å²) in [6.07, 6.45) is 1.70. The lowest BCUT2D eigenvalue weighted by Crippen LogP contribution is -2.08. The Balaban J connectivity index is 2.45. The van der Waals surface area contributed by atoms with Crippen molar-refractivity contribution in [2.75, 3.05) is 0 Å². The predicted octanol–water partition coefficient (Wildman–Crippen LogP) is 2.72. The van der Waals surface area contributed by atoms with Crippen molar-refractivity contribution in [2.45, 2.75) is 6.92 Å². The van der Waals surface area contributed by atoms with E-state index < -0.39 is 5.97 Å². The zero-order chi connectivity index (χ0) is 11.5. The molecule has 1 heterocycles. The molecule has 0 aliphatic rings. The van der Waals surface area contributed by atoms with Crippen LogP contribution in [0.1, 0.15) is 6.92 Å². The minimum Gasteiger partial charge on any atom is -0.422 e. The Morgan fingerprint density at radius 3 is 2.88 bits per heavy atom. The molecule has 0 fully saturated rings. The number of carbonyl (C=O) groups excluding carboxylic acids is 1. The summed E-state index contributed by atoms with van der Waals surface area (Å²) in [7, 11) is 0. The van der Waals surface area contributed by atoms with E-state index in [0.717, 1.165) is 10.9 Å². The molecule has 0 spiro atoms. The van der Waals surface area contributed by atoms with Crippen LogP contribution in [0.5, 0.6) is 5.75 Å². The summed E-state index contributed by atoms with van der Waals surface area (Å²) < 4.78 is 5.21. The number of esters is 1. The number of hydrogen-bond acceptors (Lipinski definition) is 3. The molecule has 1 aromatic carbocycles. The molecule has 2 rings (SSSR count). The topological polar surface area (TPSA) is 39.2 Å². The van der Waals surface area contributed by atoms with Gasteiger partial charge >= 0.3 is 5.97 Å². The normalized spacial score (nSPS) is 10.1. The molecular weight excluding hydrogens is 202 g/mol. The third-order valence-electron chi connectivity index (χ3n) is 2.16. The number of pyridine rings is 1. The molecule has 0 atom stereocenters. The van der Waals surface area contributed by atoms with Gasteiger partial charge in [-0.15, -0.1) is 0 Å². The molecule has 2 aromatic rings. The largest absolute Gasteiger partial charge is 0.422 e. The SMILES string of the molecule is C=C(C)C(=O)Oc1cccc2ncccc12. The molecule has 0 saturated heterocycles. The maximum atomic E-state index is 11.4. The van der Waals surface area contributed by atoms with Crippen LogP contribution in [0.2, 0.25) is 0 Å². The van der Waals surface area contributed by atoms with Gasteiger partial charge in [0.05, 0.1) is 5.52 Å². The second-order valence-electron chi connectivity index (χ2n) is 3.50. The van der Waals surface area contributed by atoms with E-state index in [2.05, 4.69) is 11.6 Å². The molecule has 0 bridgehead atoms. The Morgan fingerprint density at radius 1 is 1.31 bits per heavy atom. The van der Waals surface area contributed by atoms with Crippen LogP contribution >= 0.6 is 0 Å². The number of nitrogens with zero attached hydrogens (tertiary/aromatic N) is 1. The Kier molecular flexibility index (Phi) is 2.68. The van der Waals surface area contributed by atoms with E-state index in [9.17, 15) is 4.79 Å². The summed E-state index contributed by atoms with van der Waals surface area (Å²) in [4.78, 5) is 15.6. The predicted molar refractivity (Wildman–Crippen MR) is 62.2 cm³/mol. The van der Waals surface area contributed by atoms with Gasteiger partial charge in [-0.05, 0) is 31.2 Å². The third kappa shape index (κ3) is 1.93. The minimum absolute atomic E-state index is 0.376. The van der Waals surface area contributed by atoms with Crippen LogP contribution in [0, 0.1) is 0 Å². The van der Waals surface area contributed by atoms with Crippen LogP contribution < -0.4 is 4.74 Å². The molecule has 16 heavy (non-hydrogen) atoms. The van der Waals surface area contributed by atoms with Gasteiger partial charge in [-0.3, -0.25) is 4.98 Å². The highest BCUT2D eigenvalue weighted by Crippen LogP contribution is 2.24. The van der Waals surface area contributed by atoms with Gasteiger partial charge in [-0.2, -0.15) is 0 Å². The molecule has 1 aromatic heterocycles. The zero-order valence-electron chi connectivity index (χ0n) is 8.93. The maximum absolute atomic E-state index is 11.4. The van der Waals surface area contributed by atoms with Crippen LogP contribution in [0.4, 0.5) is 0 Å². The van der Waals surface area contributed by atoms with Gasteiger partial charge in [0.1, 0.15) is 5.75 Å². The van der Waals surface area contributed by atoms with E-state index in [1.165, 1.54) is 0 Å². The number of benzene rings is 1. The summed E-state index contributed by atoms with van der Waals surface area (Å²) in [5.41, 5.74) is 1.18. The number of hydrogen-bond donors (Lipinski definition) is 0. The van der Waals surface area contributed by atoms with Crippen LogP contribution in [-0.4, -0.2) is 11.0 Å². The standard InChI is InChI=1S/C13H11NO2/c1-9(2)13(15)16-12-7-3-6-11-10(12)5-4-8-14-11/h3-8H,1H2,2H3. The molecule has 3 nitrogen and oxygen atoms in total. The average molecular weight is 213 g/mol. The van der Waals surface area contributed by atoms with Crippen molar-refractivity contribution in [3.05, 3.63) is 48.7 Å². The Morgan fingerprint density at radius 2 is 2.12 bits per heavy atom. The highest BCUT2D eigenvalue weighted by atomic mass is 16.5. The van der Waals surface area contributed by atoms with Crippen molar-refractivity contribution < 1.29 is 9.53 Å². The van der Waals surface area contributed by atoms with Gasteiger partial charge in [0, 0.05) is 17.2 Å². The highest BCUT2D eigenvalue weighted by molar-refractivity contribution is 5.93. The van der Waals surface area contributed by atoms with E-state index in [1.54, 1.807) is 31.3 Å². The number of carbonyl (C=O) groups is 1. The Hall–Kier alpha value is -2.16. The van der Waals surface area contributed by atoms with Gasteiger partial charge in [-0.25, -0.2) is 4.79 Å². The molecule has 0 aliphatic heterocycles. The average Bonchev–Trinajstić information content (AvgIpc) is 2.29. The summed E-state index contributed by atoms with van der Waals surface area (Å²) in [5.74, 6) is 0.0925. The summed E-state index contributed by atoms with van der Waals surface area (Å²) in [6.45, 7) is 5.16. The summed E-state index contributed by atoms with van der Waals surface area (Å²) in [5, 5.41) is 0.819. The van der Waals surface area contributed by atoms with Crippen LogP contribution in [-0.2, 0) is 4.79 Å². The lowest BCUT2D eigenvalue weighted by atomic mass is 10.2. The first-order chi connectivity index (χ1) is 7.68. The first kappa shape index (κ1) is 10.4. The van der Waals surface area contributed by atoms with Crippen molar-refractivity contribution >= 4 is 16.9 Å². The fraction of sp³-hybridized carbons (Fsp3) is 0.0769. The molecule has 0 unspecified atom stereocenters. The van der Waals surface area contributed by atoms with Crippen molar-refractivity contribution in [3.63, 3.8) is 0 Å². The monoisotopic (exact) mass is 213 g/mol. The fourth-order valence-electron chi connectivity index (χ4n) is 1.35. The van der Waals surface area contributed by atoms with Gasteiger partial charge in [0.2, 0.25) is 0 Å². The molecule has 0 aliphatic carbocycles. The van der Waals surface area contributed by atoms with Gasteiger partial charge in [0.25, 0.3) is 0 Å². The number of ether oxygens (including phenoxy) is 1. The van der Waals surface area contributed by atoms with Gasteiger partial charge in [-0.1, -0.05) is 12.6 Å². The van der Waals surface area contributed by atoms with Gasteiger partial charge < -0.3 is 4.74 Å². The van der Waals surface area contributed by atoms with Crippen molar-refractivity contribution in [1.29, 1.82) is 0 Å². The fourth-order valence-corrected chi connectivity index (χ4v) is 1.35. The Bertz CT molecular complexity index is 555.